The van der Waals surface area contributed by atoms with Crippen LogP contribution in [-0.4, -0.2) is 39.4 Å². The largest absolute Gasteiger partial charge is 0.385 e. The second-order valence-electron chi connectivity index (χ2n) is 5.36. The summed E-state index contributed by atoms with van der Waals surface area (Å²) in [7, 11) is 1.67. The zero-order chi connectivity index (χ0) is 16.8. The van der Waals surface area contributed by atoms with E-state index in [0.29, 0.717) is 24.7 Å². The van der Waals surface area contributed by atoms with Crippen molar-refractivity contribution in [1.82, 2.24) is 25.1 Å². The molecule has 1 aromatic carbocycles. The summed E-state index contributed by atoms with van der Waals surface area (Å²) in [5.41, 5.74) is 1.19. The molecular weight excluding hydrogens is 306 g/mol. The van der Waals surface area contributed by atoms with Gasteiger partial charge in [0.2, 0.25) is 0 Å². The van der Waals surface area contributed by atoms with Crippen molar-refractivity contribution in [2.75, 3.05) is 13.7 Å². The van der Waals surface area contributed by atoms with Gasteiger partial charge in [0.25, 0.3) is 5.91 Å². The number of hydrogen-bond acceptors (Lipinski definition) is 5. The van der Waals surface area contributed by atoms with Gasteiger partial charge in [0, 0.05) is 25.6 Å². The summed E-state index contributed by atoms with van der Waals surface area (Å²) in [6.07, 6.45) is 2.52. The molecule has 0 saturated heterocycles. The van der Waals surface area contributed by atoms with Gasteiger partial charge in [-0.05, 0) is 18.6 Å². The van der Waals surface area contributed by atoms with Gasteiger partial charge in [0.05, 0.1) is 12.1 Å². The van der Waals surface area contributed by atoms with Gasteiger partial charge in [0.15, 0.2) is 5.82 Å². The average molecular weight is 325 g/mol. The Kier molecular flexibility index (Phi) is 5.12. The molecule has 7 heteroatoms. The number of aromatic nitrogens is 4. The topological polar surface area (TPSA) is 81.9 Å². The lowest BCUT2D eigenvalue weighted by atomic mass is 10.2. The number of para-hydroxylation sites is 1. The third-order valence-corrected chi connectivity index (χ3v) is 3.68. The average Bonchev–Trinajstić information content (AvgIpc) is 3.07. The Morgan fingerprint density at radius 2 is 2.12 bits per heavy atom. The lowest BCUT2D eigenvalue weighted by molar-refractivity contribution is 0.0944. The van der Waals surface area contributed by atoms with Gasteiger partial charge < -0.3 is 14.6 Å². The number of nitrogens with one attached hydrogen (secondary N) is 1. The van der Waals surface area contributed by atoms with E-state index in [2.05, 4.69) is 20.5 Å². The second-order valence-corrected chi connectivity index (χ2v) is 5.36. The van der Waals surface area contributed by atoms with Crippen LogP contribution >= 0.6 is 0 Å². The zero-order valence-electron chi connectivity index (χ0n) is 13.5. The maximum Gasteiger partial charge on any atom is 0.270 e. The third-order valence-electron chi connectivity index (χ3n) is 3.68. The summed E-state index contributed by atoms with van der Waals surface area (Å²) in [5, 5.41) is 11.8. The lowest BCUT2D eigenvalue weighted by Crippen LogP contribution is -2.25. The molecule has 1 N–H and O–H groups in total. The van der Waals surface area contributed by atoms with Crippen molar-refractivity contribution in [2.24, 2.45) is 0 Å². The van der Waals surface area contributed by atoms with Crippen molar-refractivity contribution in [1.29, 1.82) is 0 Å². The number of rotatable bonds is 7. The van der Waals surface area contributed by atoms with Crippen LogP contribution in [-0.2, 0) is 17.8 Å². The van der Waals surface area contributed by atoms with E-state index >= 15 is 0 Å². The van der Waals surface area contributed by atoms with E-state index in [0.717, 1.165) is 23.9 Å². The molecule has 0 aliphatic carbocycles. The molecule has 0 atom stereocenters. The highest BCUT2D eigenvalue weighted by atomic mass is 16.5. The molecule has 7 nitrogen and oxygen atoms in total. The van der Waals surface area contributed by atoms with Crippen LogP contribution < -0.4 is 5.32 Å². The first kappa shape index (κ1) is 16.1. The highest BCUT2D eigenvalue weighted by molar-refractivity contribution is 5.94. The number of fused-ring (bicyclic) bond motifs is 1. The number of methoxy groups -OCH3 is 1. The SMILES string of the molecule is COCCCn1cnnc1CNC(=O)c1ccc2ccccc2n1. The van der Waals surface area contributed by atoms with Crippen LogP contribution in [0, 0.1) is 0 Å². The number of amides is 1. The summed E-state index contributed by atoms with van der Waals surface area (Å²) < 4.78 is 6.95. The van der Waals surface area contributed by atoms with Crippen molar-refractivity contribution in [3.05, 3.63) is 54.2 Å². The fourth-order valence-electron chi connectivity index (χ4n) is 2.42. The Morgan fingerprint density at radius 1 is 1.25 bits per heavy atom. The maximum absolute atomic E-state index is 12.3. The molecule has 3 aromatic rings. The Hall–Kier alpha value is -2.80. The van der Waals surface area contributed by atoms with Crippen LogP contribution in [0.4, 0.5) is 0 Å². The molecule has 0 radical (unpaired) electrons. The number of benzene rings is 1. The molecule has 0 spiro atoms. The molecule has 0 aliphatic rings. The summed E-state index contributed by atoms with van der Waals surface area (Å²) >= 11 is 0. The molecular formula is C17H19N5O2. The van der Waals surface area contributed by atoms with Gasteiger partial charge in [-0.1, -0.05) is 24.3 Å². The van der Waals surface area contributed by atoms with Crippen LogP contribution in [0.3, 0.4) is 0 Å². The number of pyridine rings is 1. The van der Waals surface area contributed by atoms with Gasteiger partial charge >= 0.3 is 0 Å². The van der Waals surface area contributed by atoms with Gasteiger partial charge in [-0.25, -0.2) is 4.98 Å². The van der Waals surface area contributed by atoms with Crippen LogP contribution in [0.5, 0.6) is 0 Å². The second kappa shape index (κ2) is 7.65. The van der Waals surface area contributed by atoms with E-state index < -0.39 is 0 Å². The highest BCUT2D eigenvalue weighted by Crippen LogP contribution is 2.11. The molecule has 0 saturated carbocycles. The number of ether oxygens (including phenoxy) is 1. The Labute approximate surface area is 139 Å². The van der Waals surface area contributed by atoms with Crippen molar-refractivity contribution in [3.63, 3.8) is 0 Å². The number of aryl methyl sites for hydroxylation is 1. The molecule has 0 aliphatic heterocycles. The summed E-state index contributed by atoms with van der Waals surface area (Å²) in [6, 6.07) is 11.3. The predicted molar refractivity (Wildman–Crippen MR) is 89.4 cm³/mol. The zero-order valence-corrected chi connectivity index (χ0v) is 13.5. The fraction of sp³-hybridized carbons (Fsp3) is 0.294. The first-order valence-electron chi connectivity index (χ1n) is 7.77. The predicted octanol–water partition coefficient (Wildman–Crippen LogP) is 1.79. The van der Waals surface area contributed by atoms with Crippen LogP contribution in [0.15, 0.2) is 42.7 Å². The third kappa shape index (κ3) is 3.75. The van der Waals surface area contributed by atoms with E-state index in [1.807, 2.05) is 34.9 Å². The maximum atomic E-state index is 12.3. The molecule has 124 valence electrons. The first-order chi connectivity index (χ1) is 11.8. The van der Waals surface area contributed by atoms with Crippen molar-refractivity contribution < 1.29 is 9.53 Å². The van der Waals surface area contributed by atoms with E-state index in [4.69, 9.17) is 4.74 Å². The van der Waals surface area contributed by atoms with Crippen LogP contribution in [0.1, 0.15) is 22.7 Å². The quantitative estimate of drug-likeness (QED) is 0.670. The minimum Gasteiger partial charge on any atom is -0.385 e. The molecule has 0 unspecified atom stereocenters. The monoisotopic (exact) mass is 325 g/mol. The van der Waals surface area contributed by atoms with Gasteiger partial charge in [-0.15, -0.1) is 10.2 Å². The highest BCUT2D eigenvalue weighted by Gasteiger charge is 2.10. The summed E-state index contributed by atoms with van der Waals surface area (Å²) in [6.45, 7) is 1.73. The minimum atomic E-state index is -0.229. The van der Waals surface area contributed by atoms with Crippen LogP contribution in [0.25, 0.3) is 10.9 Å². The van der Waals surface area contributed by atoms with E-state index in [1.54, 1.807) is 19.5 Å². The van der Waals surface area contributed by atoms with Crippen LogP contribution in [0.2, 0.25) is 0 Å². The molecule has 0 fully saturated rings. The Bertz CT molecular complexity index is 830. The van der Waals surface area contributed by atoms with Gasteiger partial charge in [0.1, 0.15) is 12.0 Å². The number of hydrogen-bond donors (Lipinski definition) is 1. The van der Waals surface area contributed by atoms with Crippen molar-refractivity contribution in [2.45, 2.75) is 19.5 Å². The number of carbonyl (C=O) groups excluding carboxylic acids is 1. The van der Waals surface area contributed by atoms with E-state index in [1.165, 1.54) is 0 Å². The molecule has 1 amide bonds. The normalized spacial score (nSPS) is 10.9. The smallest absolute Gasteiger partial charge is 0.270 e. The Balaban J connectivity index is 1.63. The molecule has 2 aromatic heterocycles. The molecule has 3 rings (SSSR count). The lowest BCUT2D eigenvalue weighted by Gasteiger charge is -2.08. The Morgan fingerprint density at radius 3 is 3.00 bits per heavy atom. The van der Waals surface area contributed by atoms with Gasteiger partial charge in [-0.2, -0.15) is 0 Å². The molecule has 0 bridgehead atoms. The first-order valence-corrected chi connectivity index (χ1v) is 7.77. The number of nitrogens with zero attached hydrogens (tertiary/aromatic N) is 4. The summed E-state index contributed by atoms with van der Waals surface area (Å²) in [5.74, 6) is 0.479. The molecule has 24 heavy (non-hydrogen) atoms. The van der Waals surface area contributed by atoms with Crippen molar-refractivity contribution in [3.8, 4) is 0 Å². The fourth-order valence-corrected chi connectivity index (χ4v) is 2.42. The van der Waals surface area contributed by atoms with E-state index in [9.17, 15) is 4.79 Å². The number of carbonyl (C=O) groups is 1. The summed E-state index contributed by atoms with van der Waals surface area (Å²) in [4.78, 5) is 16.7. The standard InChI is InChI=1S/C17H19N5O2/c1-24-10-4-9-22-12-19-21-16(22)11-18-17(23)15-8-7-13-5-2-3-6-14(13)20-15/h2-3,5-8,12H,4,9-11H2,1H3,(H,18,23). The molecule has 2 heterocycles. The minimum absolute atomic E-state index is 0.229. The van der Waals surface area contributed by atoms with E-state index in [-0.39, 0.29) is 5.91 Å². The van der Waals surface area contributed by atoms with Crippen molar-refractivity contribution >= 4 is 16.8 Å². The van der Waals surface area contributed by atoms with Gasteiger partial charge in [-0.3, -0.25) is 4.79 Å².